The van der Waals surface area contributed by atoms with Crippen LogP contribution in [-0.2, 0) is 27.1 Å². The van der Waals surface area contributed by atoms with Gasteiger partial charge in [-0.25, -0.2) is 18.5 Å². The fourth-order valence-corrected chi connectivity index (χ4v) is 3.84. The Morgan fingerprint density at radius 2 is 1.95 bits per heavy atom. The molecule has 0 unspecified atom stereocenters. The number of primary sulfonamides is 1. The van der Waals surface area contributed by atoms with Crippen molar-refractivity contribution in [3.63, 3.8) is 0 Å². The summed E-state index contributed by atoms with van der Waals surface area (Å²) in [6, 6.07) is 3.71. The summed E-state index contributed by atoms with van der Waals surface area (Å²) in [7, 11) is -6.07. The van der Waals surface area contributed by atoms with Crippen LogP contribution in [0, 0.1) is 0 Å². The van der Waals surface area contributed by atoms with Crippen LogP contribution in [0.15, 0.2) is 45.1 Å². The number of anilines is 1. The molecule has 11 heteroatoms. The highest BCUT2D eigenvalue weighted by Gasteiger charge is 2.19. The number of nitrogens with one attached hydrogen (secondary N) is 1. The topological polar surface area (TPSA) is 124 Å². The van der Waals surface area contributed by atoms with Crippen LogP contribution in [0.1, 0.15) is 0 Å². The Hall–Kier alpha value is -1.43. The summed E-state index contributed by atoms with van der Waals surface area (Å²) in [5, 5.41) is 4.85. The maximum atomic E-state index is 12.1. The van der Waals surface area contributed by atoms with Gasteiger partial charge in [0, 0.05) is 17.7 Å². The van der Waals surface area contributed by atoms with Crippen molar-refractivity contribution in [3.8, 4) is 0 Å². The van der Waals surface area contributed by atoms with Crippen LogP contribution in [0.25, 0.3) is 0 Å². The minimum atomic E-state index is -3.86. The van der Waals surface area contributed by atoms with Crippen LogP contribution < -0.4 is 9.86 Å². The van der Waals surface area contributed by atoms with Crippen molar-refractivity contribution in [2.45, 2.75) is 9.92 Å². The number of halogens is 1. The number of aromatic nitrogens is 2. The highest BCUT2D eigenvalue weighted by Crippen LogP contribution is 2.27. The van der Waals surface area contributed by atoms with Gasteiger partial charge in [0.05, 0.1) is 16.9 Å². The van der Waals surface area contributed by atoms with Crippen LogP contribution in [0.3, 0.4) is 0 Å². The Bertz CT molecular complexity index is 890. The van der Waals surface area contributed by atoms with Crippen LogP contribution in [-0.4, -0.2) is 26.4 Å². The van der Waals surface area contributed by atoms with E-state index in [1.807, 2.05) is 0 Å². The van der Waals surface area contributed by atoms with Crippen molar-refractivity contribution < 1.29 is 16.8 Å². The third-order valence-electron chi connectivity index (χ3n) is 2.47. The second-order valence-electron chi connectivity index (χ2n) is 4.17. The molecule has 2 aromatic rings. The first-order valence-corrected chi connectivity index (χ1v) is 9.25. The average molecular weight is 395 g/mol. The van der Waals surface area contributed by atoms with Crippen LogP contribution in [0.2, 0.25) is 0 Å². The molecule has 2 rings (SSSR count). The Labute approximate surface area is 130 Å². The smallest absolute Gasteiger partial charge is 0.280 e. The third kappa shape index (κ3) is 3.61. The highest BCUT2D eigenvalue weighted by atomic mass is 79.9. The fourth-order valence-electron chi connectivity index (χ4n) is 1.48. The number of nitrogens with zero attached hydrogens (tertiary/aromatic N) is 2. The van der Waals surface area contributed by atoms with Crippen molar-refractivity contribution in [2.75, 3.05) is 4.72 Å². The molecule has 1 aromatic carbocycles. The number of sulfonamides is 2. The SMILES string of the molecule is Cn1cnc(S(=O)(=O)Nc2ccc(S(N)(=O)=O)cc2Br)c1. The molecular formula is C10H11BrN4O4S2. The molecule has 0 aliphatic heterocycles. The summed E-state index contributed by atoms with van der Waals surface area (Å²) in [4.78, 5) is 3.62. The van der Waals surface area contributed by atoms with Gasteiger partial charge in [0.2, 0.25) is 10.0 Å². The van der Waals surface area contributed by atoms with Gasteiger partial charge in [-0.05, 0) is 34.1 Å². The summed E-state index contributed by atoms with van der Waals surface area (Å²) in [6.07, 6.45) is 2.70. The van der Waals surface area contributed by atoms with E-state index in [9.17, 15) is 16.8 Å². The van der Waals surface area contributed by atoms with Gasteiger partial charge in [0.15, 0.2) is 5.03 Å². The maximum Gasteiger partial charge on any atom is 0.280 e. The summed E-state index contributed by atoms with van der Waals surface area (Å²) in [5.41, 5.74) is 0.174. The van der Waals surface area contributed by atoms with Gasteiger partial charge in [-0.2, -0.15) is 8.42 Å². The first-order valence-electron chi connectivity index (χ1n) is 5.43. The molecule has 114 valence electrons. The van der Waals surface area contributed by atoms with Crippen molar-refractivity contribution in [2.24, 2.45) is 12.2 Å². The van der Waals surface area contributed by atoms with Crippen LogP contribution >= 0.6 is 15.9 Å². The number of hydrogen-bond donors (Lipinski definition) is 2. The molecule has 8 nitrogen and oxygen atoms in total. The number of aryl methyl sites for hydroxylation is 1. The van der Waals surface area contributed by atoms with E-state index in [2.05, 4.69) is 25.6 Å². The summed E-state index contributed by atoms with van der Waals surface area (Å²) >= 11 is 3.10. The lowest BCUT2D eigenvalue weighted by Gasteiger charge is -2.09. The van der Waals surface area contributed by atoms with Crippen molar-refractivity contribution in [3.05, 3.63) is 35.2 Å². The van der Waals surface area contributed by atoms with Gasteiger partial charge < -0.3 is 4.57 Å². The molecule has 0 saturated heterocycles. The molecule has 1 heterocycles. The molecule has 0 saturated carbocycles. The third-order valence-corrected chi connectivity index (χ3v) is 5.29. The van der Waals surface area contributed by atoms with Gasteiger partial charge in [0.25, 0.3) is 10.0 Å². The lowest BCUT2D eigenvalue weighted by Crippen LogP contribution is -2.15. The van der Waals surface area contributed by atoms with E-state index in [1.165, 1.54) is 35.3 Å². The van der Waals surface area contributed by atoms with Crippen molar-refractivity contribution >= 4 is 41.7 Å². The normalized spacial score (nSPS) is 12.3. The molecule has 0 bridgehead atoms. The van der Waals surface area contributed by atoms with Crippen LogP contribution in [0.5, 0.6) is 0 Å². The van der Waals surface area contributed by atoms with Gasteiger partial charge >= 0.3 is 0 Å². The quantitative estimate of drug-likeness (QED) is 0.786. The van der Waals surface area contributed by atoms with E-state index >= 15 is 0 Å². The van der Waals surface area contributed by atoms with Gasteiger partial charge in [-0.1, -0.05) is 0 Å². The molecule has 1 aromatic heterocycles. The zero-order valence-electron chi connectivity index (χ0n) is 10.7. The van der Waals surface area contributed by atoms with Crippen molar-refractivity contribution in [1.82, 2.24) is 9.55 Å². The Morgan fingerprint density at radius 1 is 1.29 bits per heavy atom. The van der Waals surface area contributed by atoms with E-state index < -0.39 is 20.0 Å². The molecule has 0 aliphatic rings. The summed E-state index contributed by atoms with van der Waals surface area (Å²) < 4.78 is 50.7. The largest absolute Gasteiger partial charge is 0.339 e. The number of rotatable bonds is 4. The lowest BCUT2D eigenvalue weighted by molar-refractivity contribution is 0.596. The molecule has 0 aliphatic carbocycles. The van der Waals surface area contributed by atoms with E-state index in [4.69, 9.17) is 5.14 Å². The number of benzene rings is 1. The minimum Gasteiger partial charge on any atom is -0.339 e. The summed E-state index contributed by atoms with van der Waals surface area (Å²) in [6.45, 7) is 0. The second kappa shape index (κ2) is 5.40. The molecule has 0 atom stereocenters. The van der Waals surface area contributed by atoms with E-state index in [0.29, 0.717) is 0 Å². The number of hydrogen-bond acceptors (Lipinski definition) is 5. The Kier molecular flexibility index (Phi) is 4.10. The van der Waals surface area contributed by atoms with E-state index in [-0.39, 0.29) is 20.1 Å². The molecule has 0 spiro atoms. The van der Waals surface area contributed by atoms with Gasteiger partial charge in [-0.15, -0.1) is 0 Å². The first-order chi connectivity index (χ1) is 9.59. The monoisotopic (exact) mass is 394 g/mol. The molecule has 0 amide bonds. The van der Waals surface area contributed by atoms with Crippen molar-refractivity contribution in [1.29, 1.82) is 0 Å². The lowest BCUT2D eigenvalue weighted by atomic mass is 10.3. The standard InChI is InChI=1S/C10H11BrN4O4S2/c1-15-5-10(13-6-15)21(18,19)14-9-3-2-7(4-8(9)11)20(12,16)17/h2-6,14H,1H3,(H2,12,16,17). The molecule has 0 fully saturated rings. The molecular weight excluding hydrogens is 384 g/mol. The first kappa shape index (κ1) is 15.9. The second-order valence-corrected chi connectivity index (χ2v) is 8.21. The predicted octanol–water partition coefficient (Wildman–Crippen LogP) is 0.631. The maximum absolute atomic E-state index is 12.1. The Balaban J connectivity index is 2.36. The van der Waals surface area contributed by atoms with E-state index in [1.54, 1.807) is 7.05 Å². The molecule has 21 heavy (non-hydrogen) atoms. The zero-order chi connectivity index (χ0) is 15.8. The molecule has 0 radical (unpaired) electrons. The predicted molar refractivity (Wildman–Crippen MR) is 79.5 cm³/mol. The zero-order valence-corrected chi connectivity index (χ0v) is 13.9. The van der Waals surface area contributed by atoms with E-state index in [0.717, 1.165) is 0 Å². The fraction of sp³-hybridized carbons (Fsp3) is 0.100. The number of imidazole rings is 1. The van der Waals surface area contributed by atoms with Gasteiger partial charge in [0.1, 0.15) is 0 Å². The average Bonchev–Trinajstić information content (AvgIpc) is 2.78. The Morgan fingerprint density at radius 3 is 2.43 bits per heavy atom. The minimum absolute atomic E-state index is 0.129. The summed E-state index contributed by atoms with van der Waals surface area (Å²) in [5.74, 6) is 0. The van der Waals surface area contributed by atoms with Crippen LogP contribution in [0.4, 0.5) is 5.69 Å². The van der Waals surface area contributed by atoms with Gasteiger partial charge in [-0.3, -0.25) is 4.72 Å². The molecule has 3 N–H and O–H groups in total. The highest BCUT2D eigenvalue weighted by molar-refractivity contribution is 9.10. The number of nitrogens with two attached hydrogens (primary N) is 1.